The predicted molar refractivity (Wildman–Crippen MR) is 113 cm³/mol. The van der Waals surface area contributed by atoms with E-state index in [4.69, 9.17) is 15.6 Å². The number of nitrogens with zero attached hydrogens (tertiary/aromatic N) is 2. The summed E-state index contributed by atoms with van der Waals surface area (Å²) >= 11 is 0. The third-order valence-corrected chi connectivity index (χ3v) is 4.89. The monoisotopic (exact) mass is 427 g/mol. The fraction of sp³-hybridized carbons (Fsp3) is 0.150. The number of hydrogen-bond acceptors (Lipinski definition) is 7. The Labute approximate surface area is 174 Å². The zero-order valence-electron chi connectivity index (χ0n) is 16.4. The first-order chi connectivity index (χ1) is 14.1. The molecular formula is C20H21N5O4S. The van der Waals surface area contributed by atoms with E-state index in [9.17, 15) is 13.2 Å². The van der Waals surface area contributed by atoms with E-state index in [0.29, 0.717) is 22.7 Å². The summed E-state index contributed by atoms with van der Waals surface area (Å²) in [5, 5.41) is 8.11. The number of hydrogen-bond donors (Lipinski definition) is 3. The van der Waals surface area contributed by atoms with E-state index in [2.05, 4.69) is 15.3 Å². The number of nitrogens with one attached hydrogen (secondary N) is 1. The van der Waals surface area contributed by atoms with E-state index in [1.165, 1.54) is 18.3 Å². The number of primary amides is 1. The zero-order chi connectivity index (χ0) is 21.9. The summed E-state index contributed by atoms with van der Waals surface area (Å²) in [6, 6.07) is 12.7. The Morgan fingerprint density at radius 2 is 1.90 bits per heavy atom. The molecule has 0 bridgehead atoms. The number of carbonyl (C=O) groups is 1. The van der Waals surface area contributed by atoms with Gasteiger partial charge in [0, 0.05) is 17.4 Å². The molecule has 156 valence electrons. The molecule has 1 heterocycles. The number of ether oxygens (including phenoxy) is 1. The highest BCUT2D eigenvalue weighted by Gasteiger charge is 2.14. The predicted octanol–water partition coefficient (Wildman–Crippen LogP) is 2.42. The van der Waals surface area contributed by atoms with Gasteiger partial charge in [-0.15, -0.1) is 0 Å². The summed E-state index contributed by atoms with van der Waals surface area (Å²) in [6.07, 6.45) is 1.42. The normalized spacial score (nSPS) is 11.3. The summed E-state index contributed by atoms with van der Waals surface area (Å²) in [4.78, 5) is 20.4. The van der Waals surface area contributed by atoms with Crippen LogP contribution in [0, 0.1) is 0 Å². The Morgan fingerprint density at radius 3 is 2.57 bits per heavy atom. The molecule has 0 saturated heterocycles. The second kappa shape index (κ2) is 8.47. The summed E-state index contributed by atoms with van der Waals surface area (Å²) in [5.41, 5.74) is 7.37. The lowest BCUT2D eigenvalue weighted by atomic mass is 10.1. The maximum Gasteiger partial charge on any atom is 0.252 e. The maximum atomic E-state index is 11.8. The van der Waals surface area contributed by atoms with Gasteiger partial charge < -0.3 is 15.8 Å². The van der Waals surface area contributed by atoms with E-state index in [1.807, 2.05) is 13.8 Å². The molecule has 1 amide bonds. The van der Waals surface area contributed by atoms with Gasteiger partial charge in [0.25, 0.3) is 5.91 Å². The molecular weight excluding hydrogens is 406 g/mol. The number of anilines is 2. The highest BCUT2D eigenvalue weighted by atomic mass is 32.2. The molecule has 3 rings (SSSR count). The van der Waals surface area contributed by atoms with Crippen molar-refractivity contribution in [2.24, 2.45) is 10.9 Å². The van der Waals surface area contributed by atoms with Gasteiger partial charge in [-0.2, -0.15) is 0 Å². The molecule has 0 unspecified atom stereocenters. The van der Waals surface area contributed by atoms with Gasteiger partial charge in [0.05, 0.1) is 22.3 Å². The molecule has 0 saturated carbocycles. The molecule has 10 heteroatoms. The van der Waals surface area contributed by atoms with Crippen LogP contribution in [0.4, 0.5) is 11.6 Å². The first-order valence-electron chi connectivity index (χ1n) is 8.97. The van der Waals surface area contributed by atoms with Gasteiger partial charge in [-0.25, -0.2) is 23.5 Å². The fourth-order valence-electron chi connectivity index (χ4n) is 2.70. The van der Waals surface area contributed by atoms with E-state index in [-0.39, 0.29) is 22.5 Å². The number of nitrogens with two attached hydrogens (primary N) is 2. The minimum Gasteiger partial charge on any atom is -0.490 e. The van der Waals surface area contributed by atoms with E-state index in [1.54, 1.807) is 36.4 Å². The fourth-order valence-corrected chi connectivity index (χ4v) is 3.26. The van der Waals surface area contributed by atoms with Crippen LogP contribution in [0.15, 0.2) is 59.6 Å². The van der Waals surface area contributed by atoms with Crippen molar-refractivity contribution in [1.82, 2.24) is 9.97 Å². The van der Waals surface area contributed by atoms with E-state index in [0.717, 1.165) is 0 Å². The van der Waals surface area contributed by atoms with Crippen LogP contribution in [0.1, 0.15) is 24.2 Å². The van der Waals surface area contributed by atoms with Crippen LogP contribution in [0.5, 0.6) is 5.75 Å². The standard InChI is InChI=1S/C20H21N5O4S/c1-12(2)29-18-7-6-13(10-16(18)19(21)26)17-8-9-23-20(25-17)24-14-4-3-5-15(11-14)30(22,27)28/h3-12H,1-2H3,(H2,21,26)(H2,22,27,28)(H,23,24,25). The molecule has 30 heavy (non-hydrogen) atoms. The molecule has 0 aliphatic rings. The zero-order valence-corrected chi connectivity index (χ0v) is 17.2. The van der Waals surface area contributed by atoms with Crippen molar-refractivity contribution in [2.75, 3.05) is 5.32 Å². The Morgan fingerprint density at radius 1 is 1.13 bits per heavy atom. The number of primary sulfonamides is 1. The number of benzene rings is 2. The minimum absolute atomic E-state index is 0.0319. The molecule has 5 N–H and O–H groups in total. The molecule has 0 aliphatic carbocycles. The molecule has 0 spiro atoms. The first kappa shape index (κ1) is 21.2. The lowest BCUT2D eigenvalue weighted by Crippen LogP contribution is -2.15. The van der Waals surface area contributed by atoms with Gasteiger partial charge in [0.1, 0.15) is 5.75 Å². The molecule has 0 fully saturated rings. The topological polar surface area (TPSA) is 150 Å². The van der Waals surface area contributed by atoms with E-state index < -0.39 is 15.9 Å². The van der Waals surface area contributed by atoms with Gasteiger partial charge >= 0.3 is 0 Å². The van der Waals surface area contributed by atoms with Crippen LogP contribution >= 0.6 is 0 Å². The van der Waals surface area contributed by atoms with Gasteiger partial charge in [-0.3, -0.25) is 4.79 Å². The largest absolute Gasteiger partial charge is 0.490 e. The summed E-state index contributed by atoms with van der Waals surface area (Å²) < 4.78 is 28.7. The number of rotatable bonds is 7. The molecule has 9 nitrogen and oxygen atoms in total. The van der Waals surface area contributed by atoms with E-state index >= 15 is 0 Å². The number of aromatic nitrogens is 2. The molecule has 0 atom stereocenters. The second-order valence-electron chi connectivity index (χ2n) is 6.71. The lowest BCUT2D eigenvalue weighted by Gasteiger charge is -2.14. The van der Waals surface area contributed by atoms with Crippen LogP contribution in [0.3, 0.4) is 0 Å². The molecule has 3 aromatic rings. The lowest BCUT2D eigenvalue weighted by molar-refractivity contribution is 0.0994. The third kappa shape index (κ3) is 5.10. The first-order valence-corrected chi connectivity index (χ1v) is 10.5. The average molecular weight is 427 g/mol. The third-order valence-electron chi connectivity index (χ3n) is 3.98. The minimum atomic E-state index is -3.83. The van der Waals surface area contributed by atoms with Crippen molar-refractivity contribution < 1.29 is 17.9 Å². The van der Waals surface area contributed by atoms with Crippen molar-refractivity contribution >= 4 is 27.6 Å². The average Bonchev–Trinajstić information content (AvgIpc) is 2.67. The van der Waals surface area contributed by atoms with Gasteiger partial charge in [-0.05, 0) is 56.3 Å². The number of sulfonamides is 1. The highest BCUT2D eigenvalue weighted by Crippen LogP contribution is 2.27. The summed E-state index contributed by atoms with van der Waals surface area (Å²) in [5.74, 6) is 0.0235. The van der Waals surface area contributed by atoms with Crippen LogP contribution in [-0.2, 0) is 10.0 Å². The summed E-state index contributed by atoms with van der Waals surface area (Å²) in [7, 11) is -3.83. The maximum absolute atomic E-state index is 11.8. The van der Waals surface area contributed by atoms with Gasteiger partial charge in [0.15, 0.2) is 0 Å². The van der Waals surface area contributed by atoms with Crippen LogP contribution < -0.4 is 20.9 Å². The van der Waals surface area contributed by atoms with Crippen molar-refractivity contribution in [1.29, 1.82) is 0 Å². The summed E-state index contributed by atoms with van der Waals surface area (Å²) in [6.45, 7) is 3.71. The highest BCUT2D eigenvalue weighted by molar-refractivity contribution is 7.89. The molecule has 2 aromatic carbocycles. The quantitative estimate of drug-likeness (QED) is 0.524. The molecule has 1 aromatic heterocycles. The van der Waals surface area contributed by atoms with Gasteiger partial charge in [-0.1, -0.05) is 6.07 Å². The SMILES string of the molecule is CC(C)Oc1ccc(-c2ccnc(Nc3cccc(S(N)(=O)=O)c3)n2)cc1C(N)=O. The van der Waals surface area contributed by atoms with Crippen molar-refractivity contribution in [3.63, 3.8) is 0 Å². The van der Waals surface area contributed by atoms with Crippen LogP contribution in [0.25, 0.3) is 11.3 Å². The molecule has 0 aliphatic heterocycles. The van der Waals surface area contributed by atoms with Crippen molar-refractivity contribution in [2.45, 2.75) is 24.8 Å². The van der Waals surface area contributed by atoms with Crippen LogP contribution in [0.2, 0.25) is 0 Å². The molecule has 0 radical (unpaired) electrons. The second-order valence-corrected chi connectivity index (χ2v) is 8.27. The Bertz CT molecular complexity index is 1200. The number of carbonyl (C=O) groups excluding carboxylic acids is 1. The Kier molecular flexibility index (Phi) is 5.99. The number of amides is 1. The Balaban J connectivity index is 1.92. The Hall–Kier alpha value is -3.50. The van der Waals surface area contributed by atoms with Crippen molar-refractivity contribution in [3.05, 3.63) is 60.3 Å². The van der Waals surface area contributed by atoms with Crippen LogP contribution in [-0.4, -0.2) is 30.4 Å². The smallest absolute Gasteiger partial charge is 0.252 e. The van der Waals surface area contributed by atoms with Crippen molar-refractivity contribution in [3.8, 4) is 17.0 Å². The van der Waals surface area contributed by atoms with Gasteiger partial charge in [0.2, 0.25) is 16.0 Å².